The molecule has 1 amide bonds. The second-order valence-corrected chi connectivity index (χ2v) is 9.27. The highest BCUT2D eigenvalue weighted by molar-refractivity contribution is 7.89. The number of rotatable bonds is 4. The lowest BCUT2D eigenvalue weighted by Gasteiger charge is -2.32. The average molecular weight is 427 g/mol. The quantitative estimate of drug-likeness (QED) is 0.762. The number of benzene rings is 2. The molecule has 1 N–H and O–H groups in total. The summed E-state index contributed by atoms with van der Waals surface area (Å²) in [5.41, 5.74) is 0.861. The zero-order chi connectivity index (χ0) is 19.6. The van der Waals surface area contributed by atoms with Gasteiger partial charge >= 0.3 is 0 Å². The summed E-state index contributed by atoms with van der Waals surface area (Å²) in [4.78, 5) is 12.6. The molecule has 0 bridgehead atoms. The first-order valence-electron chi connectivity index (χ1n) is 8.67. The van der Waals surface area contributed by atoms with Crippen molar-refractivity contribution < 1.29 is 13.2 Å². The number of sulfonamides is 1. The smallest absolute Gasteiger partial charge is 0.255 e. The Morgan fingerprint density at radius 1 is 1.07 bits per heavy atom. The van der Waals surface area contributed by atoms with Crippen LogP contribution >= 0.6 is 23.2 Å². The molecule has 8 heteroatoms. The van der Waals surface area contributed by atoms with Gasteiger partial charge < -0.3 is 5.32 Å². The maximum absolute atomic E-state index is 12.8. The molecule has 1 aliphatic rings. The maximum Gasteiger partial charge on any atom is 0.255 e. The van der Waals surface area contributed by atoms with Gasteiger partial charge in [0.25, 0.3) is 5.91 Å². The van der Waals surface area contributed by atoms with Gasteiger partial charge in [0, 0.05) is 23.8 Å². The number of amides is 1. The van der Waals surface area contributed by atoms with Crippen molar-refractivity contribution in [1.29, 1.82) is 0 Å². The fourth-order valence-corrected chi connectivity index (χ4v) is 5.12. The minimum absolute atomic E-state index is 0.0126. The summed E-state index contributed by atoms with van der Waals surface area (Å²) < 4.78 is 27.2. The normalized spacial score (nSPS) is 18.3. The highest BCUT2D eigenvalue weighted by Gasteiger charge is 2.30. The average Bonchev–Trinajstić information content (AvgIpc) is 2.65. The van der Waals surface area contributed by atoms with Crippen molar-refractivity contribution in [1.82, 2.24) is 4.31 Å². The molecule has 5 nitrogen and oxygen atoms in total. The van der Waals surface area contributed by atoms with Crippen LogP contribution in [-0.4, -0.2) is 31.2 Å². The van der Waals surface area contributed by atoms with Gasteiger partial charge in [-0.1, -0.05) is 29.6 Å². The van der Waals surface area contributed by atoms with Crippen LogP contribution in [0.5, 0.6) is 0 Å². The van der Waals surface area contributed by atoms with E-state index in [9.17, 15) is 13.2 Å². The molecule has 1 unspecified atom stereocenters. The monoisotopic (exact) mass is 426 g/mol. The number of carbonyl (C=O) groups excluding carboxylic acids is 1. The number of nitrogens with one attached hydrogen (secondary N) is 1. The predicted octanol–water partition coefficient (Wildman–Crippen LogP) is 4.81. The Morgan fingerprint density at radius 3 is 2.41 bits per heavy atom. The Balaban J connectivity index is 1.76. The molecule has 1 aliphatic heterocycles. The maximum atomic E-state index is 12.8. The van der Waals surface area contributed by atoms with E-state index in [2.05, 4.69) is 5.32 Å². The molecule has 2 aromatic carbocycles. The van der Waals surface area contributed by atoms with Gasteiger partial charge in [0.1, 0.15) is 0 Å². The van der Waals surface area contributed by atoms with Crippen LogP contribution in [0.4, 0.5) is 5.69 Å². The van der Waals surface area contributed by atoms with E-state index in [0.29, 0.717) is 27.8 Å². The zero-order valence-electron chi connectivity index (χ0n) is 14.8. The number of halogens is 2. The van der Waals surface area contributed by atoms with Crippen LogP contribution in [0.1, 0.15) is 36.5 Å². The van der Waals surface area contributed by atoms with Crippen molar-refractivity contribution in [2.75, 3.05) is 11.9 Å². The number of anilines is 1. The summed E-state index contributed by atoms with van der Waals surface area (Å²) in [5.74, 6) is -0.358. The van der Waals surface area contributed by atoms with Gasteiger partial charge in [-0.25, -0.2) is 8.42 Å². The molecule has 0 radical (unpaired) electrons. The topological polar surface area (TPSA) is 66.5 Å². The lowest BCUT2D eigenvalue weighted by atomic mass is 10.1. The summed E-state index contributed by atoms with van der Waals surface area (Å²) in [7, 11) is -3.55. The van der Waals surface area contributed by atoms with Crippen LogP contribution in [0.3, 0.4) is 0 Å². The molecule has 0 spiro atoms. The van der Waals surface area contributed by atoms with E-state index in [4.69, 9.17) is 23.2 Å². The predicted molar refractivity (Wildman–Crippen MR) is 108 cm³/mol. The molecule has 0 aromatic heterocycles. The summed E-state index contributed by atoms with van der Waals surface area (Å²) in [6, 6.07) is 10.7. The third-order valence-corrected chi connectivity index (χ3v) is 7.41. The summed E-state index contributed by atoms with van der Waals surface area (Å²) in [6.07, 6.45) is 2.78. The minimum atomic E-state index is -3.55. The fraction of sp³-hybridized carbons (Fsp3) is 0.316. The molecule has 2 aromatic rings. The summed E-state index contributed by atoms with van der Waals surface area (Å²) in [5, 5.41) is 3.45. The van der Waals surface area contributed by atoms with Gasteiger partial charge in [-0.2, -0.15) is 4.31 Å². The number of hydrogen-bond donors (Lipinski definition) is 1. The van der Waals surface area contributed by atoms with E-state index in [1.807, 2.05) is 6.92 Å². The molecule has 3 rings (SSSR count). The third-order valence-electron chi connectivity index (χ3n) is 4.64. The van der Waals surface area contributed by atoms with E-state index >= 15 is 0 Å². The van der Waals surface area contributed by atoms with Gasteiger partial charge in [0.2, 0.25) is 10.0 Å². The van der Waals surface area contributed by atoms with Crippen molar-refractivity contribution >= 4 is 44.8 Å². The molecule has 1 heterocycles. The SMILES string of the molecule is CC1CCCCN1S(=O)(=O)c1ccc(C(=O)Nc2ccc(Cl)c(Cl)c2)cc1. The molecule has 0 saturated carbocycles. The molecule has 1 saturated heterocycles. The highest BCUT2D eigenvalue weighted by Crippen LogP contribution is 2.27. The molecule has 27 heavy (non-hydrogen) atoms. The Labute approximate surface area is 169 Å². The Bertz CT molecular complexity index is 946. The lowest BCUT2D eigenvalue weighted by Crippen LogP contribution is -2.41. The van der Waals surface area contributed by atoms with Crippen molar-refractivity contribution in [3.05, 3.63) is 58.1 Å². The standard InChI is InChI=1S/C19H20Cl2N2O3S/c1-13-4-2-3-11-23(13)27(25,26)16-8-5-14(6-9-16)19(24)22-15-7-10-17(20)18(21)12-15/h5-10,12-13H,2-4,11H2,1H3,(H,22,24). The van der Waals surface area contributed by atoms with Crippen LogP contribution in [0.25, 0.3) is 0 Å². The first-order valence-corrected chi connectivity index (χ1v) is 10.9. The van der Waals surface area contributed by atoms with E-state index in [-0.39, 0.29) is 16.8 Å². The highest BCUT2D eigenvalue weighted by atomic mass is 35.5. The zero-order valence-corrected chi connectivity index (χ0v) is 17.1. The van der Waals surface area contributed by atoms with Gasteiger partial charge in [0.05, 0.1) is 14.9 Å². The number of carbonyl (C=O) groups is 1. The van der Waals surface area contributed by atoms with E-state index in [0.717, 1.165) is 19.3 Å². The van der Waals surface area contributed by atoms with E-state index in [1.165, 1.54) is 24.3 Å². The van der Waals surface area contributed by atoms with Crippen LogP contribution in [0, 0.1) is 0 Å². The van der Waals surface area contributed by atoms with Gasteiger partial charge in [-0.15, -0.1) is 0 Å². The van der Waals surface area contributed by atoms with Crippen LogP contribution in [-0.2, 0) is 10.0 Å². The number of hydrogen-bond acceptors (Lipinski definition) is 3. The van der Waals surface area contributed by atoms with Crippen molar-refractivity contribution in [2.24, 2.45) is 0 Å². The van der Waals surface area contributed by atoms with Gasteiger partial charge in [-0.05, 0) is 62.2 Å². The minimum Gasteiger partial charge on any atom is -0.322 e. The summed E-state index contributed by atoms with van der Waals surface area (Å²) in [6.45, 7) is 2.46. The number of piperidine rings is 1. The fourth-order valence-electron chi connectivity index (χ4n) is 3.12. The lowest BCUT2D eigenvalue weighted by molar-refractivity contribution is 0.102. The molecule has 144 valence electrons. The van der Waals surface area contributed by atoms with Crippen LogP contribution < -0.4 is 5.32 Å². The Kier molecular flexibility index (Phi) is 6.11. The third kappa shape index (κ3) is 4.46. The second kappa shape index (κ2) is 8.19. The van der Waals surface area contributed by atoms with Crippen molar-refractivity contribution in [3.63, 3.8) is 0 Å². The van der Waals surface area contributed by atoms with Crippen molar-refractivity contribution in [3.8, 4) is 0 Å². The molecule has 1 fully saturated rings. The van der Waals surface area contributed by atoms with E-state index in [1.54, 1.807) is 22.5 Å². The molecular formula is C19H20Cl2N2O3S. The first kappa shape index (κ1) is 20.1. The Hall–Kier alpha value is -1.60. The first-order chi connectivity index (χ1) is 12.8. The van der Waals surface area contributed by atoms with Gasteiger partial charge in [0.15, 0.2) is 0 Å². The summed E-state index contributed by atoms with van der Waals surface area (Å²) >= 11 is 11.8. The molecule has 1 atom stereocenters. The molecular weight excluding hydrogens is 407 g/mol. The Morgan fingerprint density at radius 2 is 1.78 bits per heavy atom. The van der Waals surface area contributed by atoms with Crippen LogP contribution in [0.2, 0.25) is 10.0 Å². The largest absolute Gasteiger partial charge is 0.322 e. The second-order valence-electron chi connectivity index (χ2n) is 6.57. The molecule has 0 aliphatic carbocycles. The van der Waals surface area contributed by atoms with E-state index < -0.39 is 10.0 Å². The van der Waals surface area contributed by atoms with Crippen LogP contribution in [0.15, 0.2) is 47.4 Å². The number of nitrogens with zero attached hydrogens (tertiary/aromatic N) is 1. The van der Waals surface area contributed by atoms with Crippen molar-refractivity contribution in [2.45, 2.75) is 37.1 Å². The van der Waals surface area contributed by atoms with Gasteiger partial charge in [-0.3, -0.25) is 4.79 Å².